The van der Waals surface area contributed by atoms with Crippen molar-refractivity contribution >= 4 is 74.0 Å². The zero-order valence-corrected chi connectivity index (χ0v) is 65.5. The van der Waals surface area contributed by atoms with E-state index in [9.17, 15) is 61.5 Å². The average Bonchev–Trinajstić information content (AvgIpc) is 1.55. The zero-order valence-electron chi connectivity index (χ0n) is 64.7. The fourth-order valence-electron chi connectivity index (χ4n) is 12.4. The molecule has 8 amide bonds. The van der Waals surface area contributed by atoms with Crippen molar-refractivity contribution in [2.24, 2.45) is 11.8 Å². The number of carbonyl (C=O) groups is 9. The van der Waals surface area contributed by atoms with E-state index in [-0.39, 0.29) is 125 Å². The van der Waals surface area contributed by atoms with Crippen LogP contribution in [-0.2, 0) is 132 Å². The second-order valence-electron chi connectivity index (χ2n) is 27.8. The zero-order chi connectivity index (χ0) is 82.1. The van der Waals surface area contributed by atoms with E-state index in [4.69, 9.17) is 52.4 Å². The number of amides is 8. The van der Waals surface area contributed by atoms with Gasteiger partial charge in [-0.3, -0.25) is 43.2 Å². The van der Waals surface area contributed by atoms with E-state index in [1.165, 1.54) is 23.0 Å². The Balaban J connectivity index is 0.684. The molecule has 4 atom stereocenters. The van der Waals surface area contributed by atoms with Crippen LogP contribution in [0.4, 0.5) is 4.39 Å². The number of halogens is 1. The third kappa shape index (κ3) is 28.5. The van der Waals surface area contributed by atoms with Crippen LogP contribution in [-0.4, -0.2) is 250 Å². The number of nitrogens with one attached hydrogen (secondary N) is 8. The predicted molar refractivity (Wildman–Crippen MR) is 407 cm³/mol. The van der Waals surface area contributed by atoms with Gasteiger partial charge in [0.15, 0.2) is 5.60 Å². The first-order valence-corrected chi connectivity index (χ1v) is 40.1. The molecule has 2 aliphatic carbocycles. The molecule has 2 fully saturated rings. The molecule has 0 bridgehead atoms. The number of esters is 1. The predicted octanol–water partition coefficient (Wildman–Crippen LogP) is 0.0377. The number of aliphatic hydroxyl groups is 1. The Morgan fingerprint density at radius 2 is 1.27 bits per heavy atom. The van der Waals surface area contributed by atoms with Crippen molar-refractivity contribution in [1.82, 2.24) is 62.1 Å². The number of aromatic nitrogens is 4. The van der Waals surface area contributed by atoms with Crippen LogP contribution >= 0.6 is 0 Å². The van der Waals surface area contributed by atoms with Crippen LogP contribution in [0.2, 0.25) is 0 Å². The minimum Gasteiger partial charge on any atom is -0.458 e. The first-order chi connectivity index (χ1) is 55.5. The molecule has 2 aromatic carbocycles. The summed E-state index contributed by atoms with van der Waals surface area (Å²) in [6, 6.07) is 10.7. The number of fused-ring (bicyclic) bond motifs is 5. The van der Waals surface area contributed by atoms with Crippen LogP contribution in [0.1, 0.15) is 103 Å². The number of hydrogen-bond donors (Lipinski definition) is 9. The van der Waals surface area contributed by atoms with Gasteiger partial charge < -0.3 is 99.6 Å². The number of carbonyl (C=O) groups excluding carboxylic acids is 9. The Morgan fingerprint density at radius 3 is 1.90 bits per heavy atom. The molecule has 2 aliphatic heterocycles. The number of hydrogen-bond acceptors (Lipinski definition) is 26. The van der Waals surface area contributed by atoms with Crippen molar-refractivity contribution in [3.05, 3.63) is 116 Å². The highest BCUT2D eigenvalue weighted by Gasteiger charge is 2.50. The maximum absolute atomic E-state index is 15.2. The van der Waals surface area contributed by atoms with Crippen molar-refractivity contribution in [2.45, 2.75) is 126 Å². The van der Waals surface area contributed by atoms with Gasteiger partial charge in [0.2, 0.25) is 62.3 Å². The maximum Gasteiger partial charge on any atom is 0.343 e. The smallest absolute Gasteiger partial charge is 0.343 e. The summed E-state index contributed by atoms with van der Waals surface area (Å²) in [7, 11) is -2.00. The molecule has 35 nitrogen and oxygen atoms in total. The van der Waals surface area contributed by atoms with Crippen molar-refractivity contribution < 1.29 is 108 Å². The molecule has 5 heterocycles. The van der Waals surface area contributed by atoms with E-state index in [1.807, 2.05) is 0 Å². The molecule has 5 aromatic rings. The van der Waals surface area contributed by atoms with Crippen molar-refractivity contribution in [3.63, 3.8) is 0 Å². The quantitative estimate of drug-likeness (QED) is 0.00800. The Morgan fingerprint density at radius 1 is 0.678 bits per heavy atom. The van der Waals surface area contributed by atoms with E-state index in [1.54, 1.807) is 56.5 Å². The number of cyclic esters (lactones) is 1. The number of nitrogens with zero attached hydrogens (tertiary/aromatic N) is 4. The van der Waals surface area contributed by atoms with E-state index >= 15 is 4.39 Å². The van der Waals surface area contributed by atoms with E-state index < -0.39 is 125 Å². The standard InChI is InChI=1S/C78H101FN12O23S/c1-50-36-55-56(57-47-91-64(70(57)90-62(55)39-60(50)79)38-59-58(75(91)100)48-113-76(101)78(59,102)40-52-14-15-52)43-83-74(99)71(54-16-17-54)114-49-87-68(95)45-84-73(98)63(37-51-10-6-4-7-11-51)89-69(96)46-82-67(94)44-81-65(92)19-18-61(88-66(93)13-9-5-8-12-53-41-85-77(86-42-53)115(3,103)104)72(97)80-20-21-106-24-25-108-28-29-110-32-33-112-35-34-111-31-30-109-27-26-107-23-22-105-2/h4,6-7,10-11,36,38-39,41-42,52,54,61,63,71,102H,5,9,13-35,37,40,43-49H2,1-3H3,(H,80,97)(H,81,92)(H,82,94)(H,83,99)(H,84,98)(H,87,95)(H,88,93)(H,89,96)/t61-,63-,71-,78-/m0/s1. The van der Waals surface area contributed by atoms with Crippen LogP contribution in [0.5, 0.6) is 0 Å². The summed E-state index contributed by atoms with van der Waals surface area (Å²) in [5, 5.41) is 32.8. The molecule has 9 rings (SSSR count). The lowest BCUT2D eigenvalue weighted by molar-refractivity contribution is -0.173. The molecular weight excluding hydrogens is 1520 g/mol. The molecule has 37 heteroatoms. The van der Waals surface area contributed by atoms with Crippen molar-refractivity contribution in [3.8, 4) is 23.2 Å². The Labute approximate surface area is 664 Å². The Bertz CT molecular complexity index is 4430. The van der Waals surface area contributed by atoms with Crippen molar-refractivity contribution in [2.75, 3.05) is 145 Å². The third-order valence-corrected chi connectivity index (χ3v) is 19.7. The van der Waals surface area contributed by atoms with Crippen LogP contribution in [0.15, 0.2) is 70.9 Å². The number of rotatable bonds is 52. The highest BCUT2D eigenvalue weighted by atomic mass is 32.2. The summed E-state index contributed by atoms with van der Waals surface area (Å²) >= 11 is 0. The van der Waals surface area contributed by atoms with Crippen LogP contribution in [0.25, 0.3) is 22.3 Å². The molecule has 2 saturated carbocycles. The molecule has 3 aromatic heterocycles. The van der Waals surface area contributed by atoms with E-state index in [2.05, 4.69) is 64.3 Å². The van der Waals surface area contributed by atoms with Gasteiger partial charge in [-0.2, -0.15) is 0 Å². The number of sulfone groups is 1. The van der Waals surface area contributed by atoms with Gasteiger partial charge in [0.1, 0.15) is 37.3 Å². The Hall–Kier alpha value is -9.85. The Kier molecular flexibility index (Phi) is 35.2. The molecule has 0 spiro atoms. The fraction of sp³-hybridized carbons (Fsp3) is 0.551. The maximum atomic E-state index is 15.2. The van der Waals surface area contributed by atoms with Crippen LogP contribution in [0, 0.1) is 36.4 Å². The first kappa shape index (κ1) is 89.1. The molecule has 4 aliphatic rings. The second kappa shape index (κ2) is 45.4. The second-order valence-corrected chi connectivity index (χ2v) is 29.7. The molecule has 0 radical (unpaired) electrons. The summed E-state index contributed by atoms with van der Waals surface area (Å²) in [6.45, 7) is 4.61. The van der Waals surface area contributed by atoms with Gasteiger partial charge in [-0.05, 0) is 79.7 Å². The lowest BCUT2D eigenvalue weighted by Gasteiger charge is -2.32. The lowest BCUT2D eigenvalue weighted by atomic mass is 9.84. The molecule has 0 saturated heterocycles. The third-order valence-electron chi connectivity index (χ3n) is 18.8. The van der Waals surface area contributed by atoms with E-state index in [0.29, 0.717) is 137 Å². The number of ether oxygens (including phenoxy) is 10. The number of benzene rings is 2. The summed E-state index contributed by atoms with van der Waals surface area (Å²) in [5.74, 6) is -1.19. The fourth-order valence-corrected chi connectivity index (χ4v) is 12.9. The lowest BCUT2D eigenvalue weighted by Crippen LogP contribution is -2.52. The number of pyridine rings is 2. The highest BCUT2D eigenvalue weighted by molar-refractivity contribution is 7.90. The normalized spacial score (nSPS) is 15.5. The summed E-state index contributed by atoms with van der Waals surface area (Å²) in [6.07, 6.45) is 5.41. The van der Waals surface area contributed by atoms with Crippen LogP contribution < -0.4 is 48.1 Å². The molecule has 624 valence electrons. The SMILES string of the molecule is COCCOCCOCCOCCOCCOCCOCCOCCNC(=O)[C@H](CCC(=O)NCC(=O)NCC(=O)N[C@@H](Cc1ccccc1)C(=O)NCC(=O)NCO[C@H](C(=O)NCc1c2c(nc3cc(F)c(C)cc13)-c1cc3c(c(=O)n1C2)COC(=O)[C@]3(O)CC1CC1)C1CC1)NC(=O)CCCC#Cc1cnc(S(C)(=O)=O)nc1. The minimum atomic E-state index is -3.61. The van der Waals surface area contributed by atoms with Gasteiger partial charge in [0.05, 0.1) is 153 Å². The number of methoxy groups -OCH3 is 1. The van der Waals surface area contributed by atoms with Gasteiger partial charge in [-0.1, -0.05) is 55.0 Å². The number of aryl methyl sites for hydroxylation is 1. The van der Waals surface area contributed by atoms with E-state index in [0.717, 1.165) is 19.1 Å². The van der Waals surface area contributed by atoms with Gasteiger partial charge in [-0.25, -0.2) is 32.6 Å². The van der Waals surface area contributed by atoms with Crippen molar-refractivity contribution in [1.29, 1.82) is 0 Å². The average molecular weight is 1630 g/mol. The van der Waals surface area contributed by atoms with Crippen LogP contribution in [0.3, 0.4) is 0 Å². The molecule has 9 N–H and O–H groups in total. The van der Waals surface area contributed by atoms with Gasteiger partial charge in [0, 0.05) is 87.1 Å². The largest absolute Gasteiger partial charge is 0.458 e. The number of unbranched alkanes of at least 4 members (excludes halogenated alkanes) is 1. The summed E-state index contributed by atoms with van der Waals surface area (Å²) in [4.78, 5) is 147. The minimum absolute atomic E-state index is 0.0174. The topological polar surface area (TPSA) is 457 Å². The molecular formula is C78H101FN12O23S. The first-order valence-electron chi connectivity index (χ1n) is 38.2. The monoisotopic (exact) mass is 1620 g/mol. The van der Waals surface area contributed by atoms with Gasteiger partial charge in [0.25, 0.3) is 5.56 Å². The summed E-state index contributed by atoms with van der Waals surface area (Å²) < 4.78 is 94.8. The molecule has 0 unspecified atom stereocenters. The summed E-state index contributed by atoms with van der Waals surface area (Å²) in [5.41, 5.74) is 1.11. The van der Waals surface area contributed by atoms with Gasteiger partial charge in [-0.15, -0.1) is 0 Å². The van der Waals surface area contributed by atoms with Gasteiger partial charge >= 0.3 is 5.97 Å². The molecule has 115 heavy (non-hydrogen) atoms. The highest BCUT2D eigenvalue weighted by Crippen LogP contribution is 2.46.